The van der Waals surface area contributed by atoms with Gasteiger partial charge in [0.05, 0.1) is 11.4 Å². The molecule has 0 fully saturated rings. The van der Waals surface area contributed by atoms with Crippen molar-refractivity contribution in [2.75, 3.05) is 18.4 Å². The Bertz CT molecular complexity index is 859. The van der Waals surface area contributed by atoms with Crippen molar-refractivity contribution in [3.63, 3.8) is 0 Å². The van der Waals surface area contributed by atoms with Gasteiger partial charge in [-0.3, -0.25) is 4.99 Å². The fraction of sp³-hybridized carbons (Fsp3) is 0.278. The third-order valence-corrected chi connectivity index (χ3v) is 5.27. The van der Waals surface area contributed by atoms with E-state index in [-0.39, 0.29) is 23.9 Å². The van der Waals surface area contributed by atoms with E-state index in [1.165, 1.54) is 5.56 Å². The normalized spacial score (nSPS) is 12.2. The number of sulfonamides is 1. The van der Waals surface area contributed by atoms with Gasteiger partial charge in [-0.1, -0.05) is 23.8 Å². The van der Waals surface area contributed by atoms with Gasteiger partial charge in [0.15, 0.2) is 5.96 Å². The largest absolute Gasteiger partial charge is 0.370 e. The summed E-state index contributed by atoms with van der Waals surface area (Å²) in [6.07, 6.45) is 0. The SMILES string of the molecule is Cc1ccc(S(=O)(=O)NCCN=C(N)Nc2ccc(C)c(C)c2)cc1. The van der Waals surface area contributed by atoms with Gasteiger partial charge in [0.25, 0.3) is 0 Å². The lowest BCUT2D eigenvalue weighted by Crippen LogP contribution is -2.28. The summed E-state index contributed by atoms with van der Waals surface area (Å²) < 4.78 is 26.8. The Kier molecular flexibility index (Phi) is 6.17. The molecule has 134 valence electrons. The number of anilines is 1. The lowest BCUT2D eigenvalue weighted by molar-refractivity contribution is 0.582. The summed E-state index contributed by atoms with van der Waals surface area (Å²) in [5.41, 5.74) is 10.0. The minimum Gasteiger partial charge on any atom is -0.370 e. The predicted molar refractivity (Wildman–Crippen MR) is 102 cm³/mol. The summed E-state index contributed by atoms with van der Waals surface area (Å²) in [5, 5.41) is 3.00. The number of nitrogens with zero attached hydrogens (tertiary/aromatic N) is 1. The molecule has 0 atom stereocenters. The van der Waals surface area contributed by atoms with Crippen molar-refractivity contribution in [3.05, 3.63) is 59.2 Å². The van der Waals surface area contributed by atoms with E-state index in [0.29, 0.717) is 0 Å². The first-order valence-electron chi connectivity index (χ1n) is 7.98. The molecule has 25 heavy (non-hydrogen) atoms. The highest BCUT2D eigenvalue weighted by molar-refractivity contribution is 7.89. The van der Waals surface area contributed by atoms with E-state index in [2.05, 4.69) is 15.0 Å². The number of nitrogens with two attached hydrogens (primary N) is 1. The molecule has 0 amide bonds. The zero-order valence-electron chi connectivity index (χ0n) is 14.7. The molecule has 0 unspecified atom stereocenters. The third-order valence-electron chi connectivity index (χ3n) is 3.80. The number of hydrogen-bond donors (Lipinski definition) is 3. The molecule has 0 bridgehead atoms. The maximum absolute atomic E-state index is 12.1. The van der Waals surface area contributed by atoms with Crippen molar-refractivity contribution < 1.29 is 8.42 Å². The molecular formula is C18H24N4O2S. The molecule has 0 aromatic heterocycles. The Morgan fingerprint density at radius 3 is 2.36 bits per heavy atom. The Morgan fingerprint density at radius 2 is 1.72 bits per heavy atom. The molecule has 2 rings (SSSR count). The molecule has 4 N–H and O–H groups in total. The second-order valence-electron chi connectivity index (χ2n) is 5.90. The molecule has 0 saturated carbocycles. The third kappa shape index (κ3) is 5.58. The van der Waals surface area contributed by atoms with E-state index in [1.54, 1.807) is 24.3 Å². The van der Waals surface area contributed by atoms with Gasteiger partial charge in [-0.2, -0.15) is 0 Å². The lowest BCUT2D eigenvalue weighted by Gasteiger charge is -2.09. The van der Waals surface area contributed by atoms with Crippen LogP contribution in [0.1, 0.15) is 16.7 Å². The summed E-state index contributed by atoms with van der Waals surface area (Å²) in [6.45, 7) is 6.38. The quantitative estimate of drug-likeness (QED) is 0.418. The van der Waals surface area contributed by atoms with Crippen molar-refractivity contribution in [3.8, 4) is 0 Å². The van der Waals surface area contributed by atoms with Gasteiger partial charge in [-0.25, -0.2) is 13.1 Å². The summed E-state index contributed by atoms with van der Waals surface area (Å²) >= 11 is 0. The van der Waals surface area contributed by atoms with Crippen molar-refractivity contribution >= 4 is 21.7 Å². The van der Waals surface area contributed by atoms with E-state index in [9.17, 15) is 8.42 Å². The van der Waals surface area contributed by atoms with Gasteiger partial charge in [-0.05, 0) is 56.2 Å². The molecule has 2 aromatic rings. The smallest absolute Gasteiger partial charge is 0.240 e. The van der Waals surface area contributed by atoms with E-state index >= 15 is 0 Å². The van der Waals surface area contributed by atoms with Crippen LogP contribution in [0.4, 0.5) is 5.69 Å². The van der Waals surface area contributed by atoms with Crippen LogP contribution in [0.25, 0.3) is 0 Å². The van der Waals surface area contributed by atoms with Crippen LogP contribution in [0, 0.1) is 20.8 Å². The highest BCUT2D eigenvalue weighted by Crippen LogP contribution is 2.13. The number of guanidine groups is 1. The van der Waals surface area contributed by atoms with E-state index in [0.717, 1.165) is 16.8 Å². The number of hydrogen-bond acceptors (Lipinski definition) is 3. The van der Waals surface area contributed by atoms with E-state index < -0.39 is 10.0 Å². The second kappa shape index (κ2) is 8.13. The molecule has 2 aromatic carbocycles. The number of rotatable bonds is 6. The molecule has 0 spiro atoms. The zero-order chi connectivity index (χ0) is 18.4. The van der Waals surface area contributed by atoms with E-state index in [4.69, 9.17) is 5.73 Å². The standard InChI is InChI=1S/C18H24N4O2S/c1-13-4-8-17(9-5-13)25(23,24)21-11-10-20-18(19)22-16-7-6-14(2)15(3)12-16/h4-9,12,21H,10-11H2,1-3H3,(H3,19,20,22). The lowest BCUT2D eigenvalue weighted by atomic mass is 10.1. The average molecular weight is 360 g/mol. The fourth-order valence-corrected chi connectivity index (χ4v) is 3.18. The van der Waals surface area contributed by atoms with Crippen LogP contribution in [-0.4, -0.2) is 27.5 Å². The van der Waals surface area contributed by atoms with Gasteiger partial charge >= 0.3 is 0 Å². The second-order valence-corrected chi connectivity index (χ2v) is 7.67. The Hall–Kier alpha value is -2.38. The summed E-state index contributed by atoms with van der Waals surface area (Å²) in [4.78, 5) is 4.38. The van der Waals surface area contributed by atoms with Gasteiger partial charge in [0, 0.05) is 12.2 Å². The average Bonchev–Trinajstić information content (AvgIpc) is 2.55. The predicted octanol–water partition coefficient (Wildman–Crippen LogP) is 2.32. The molecule has 0 aliphatic rings. The molecule has 6 nitrogen and oxygen atoms in total. The van der Waals surface area contributed by atoms with Crippen LogP contribution >= 0.6 is 0 Å². The molecule has 0 heterocycles. The van der Waals surface area contributed by atoms with Gasteiger partial charge in [0.2, 0.25) is 10.0 Å². The topological polar surface area (TPSA) is 96.6 Å². The van der Waals surface area contributed by atoms with Crippen LogP contribution in [0.2, 0.25) is 0 Å². The van der Waals surface area contributed by atoms with Gasteiger partial charge in [-0.15, -0.1) is 0 Å². The maximum Gasteiger partial charge on any atom is 0.240 e. The van der Waals surface area contributed by atoms with Crippen LogP contribution in [0.5, 0.6) is 0 Å². The van der Waals surface area contributed by atoms with Crippen molar-refractivity contribution in [2.24, 2.45) is 10.7 Å². The zero-order valence-corrected chi connectivity index (χ0v) is 15.5. The highest BCUT2D eigenvalue weighted by atomic mass is 32.2. The minimum atomic E-state index is -3.52. The van der Waals surface area contributed by atoms with Gasteiger partial charge in [0.1, 0.15) is 0 Å². The Balaban J connectivity index is 1.87. The number of aryl methyl sites for hydroxylation is 3. The van der Waals surface area contributed by atoms with E-state index in [1.807, 2.05) is 39.0 Å². The molecule has 0 radical (unpaired) electrons. The number of aliphatic imine (C=N–C) groups is 1. The minimum absolute atomic E-state index is 0.172. The van der Waals surface area contributed by atoms with Gasteiger partial charge < -0.3 is 11.1 Å². The Labute approximate surface area is 149 Å². The molecule has 0 aliphatic carbocycles. The van der Waals surface area contributed by atoms with Crippen LogP contribution in [-0.2, 0) is 10.0 Å². The summed E-state index contributed by atoms with van der Waals surface area (Å²) in [6, 6.07) is 12.6. The fourth-order valence-electron chi connectivity index (χ4n) is 2.16. The first-order valence-corrected chi connectivity index (χ1v) is 9.47. The summed E-state index contributed by atoms with van der Waals surface area (Å²) in [5.74, 6) is 0.248. The molecule has 7 heteroatoms. The van der Waals surface area contributed by atoms with Crippen LogP contribution < -0.4 is 15.8 Å². The highest BCUT2D eigenvalue weighted by Gasteiger charge is 2.12. The monoisotopic (exact) mass is 360 g/mol. The summed E-state index contributed by atoms with van der Waals surface area (Å²) in [7, 11) is -3.52. The molecule has 0 aliphatic heterocycles. The van der Waals surface area contributed by atoms with Crippen LogP contribution in [0.3, 0.4) is 0 Å². The Morgan fingerprint density at radius 1 is 1.04 bits per heavy atom. The van der Waals surface area contributed by atoms with Crippen LogP contribution in [0.15, 0.2) is 52.4 Å². The molecule has 0 saturated heterocycles. The number of benzene rings is 2. The number of nitrogens with one attached hydrogen (secondary N) is 2. The molecular weight excluding hydrogens is 336 g/mol. The maximum atomic E-state index is 12.1. The van der Waals surface area contributed by atoms with Crippen molar-refractivity contribution in [2.45, 2.75) is 25.7 Å². The first kappa shape index (κ1) is 19.0. The first-order chi connectivity index (χ1) is 11.8. The van der Waals surface area contributed by atoms with Crippen molar-refractivity contribution in [1.82, 2.24) is 4.72 Å². The van der Waals surface area contributed by atoms with Crippen molar-refractivity contribution in [1.29, 1.82) is 0 Å².